The summed E-state index contributed by atoms with van der Waals surface area (Å²) in [5, 5.41) is 6.63. The minimum absolute atomic E-state index is 0. The SMILES string of the molecule is CC1CN(Cc2ccccc2NC(=O)CC(C)C2CCCNC2)CC(C)O1.Cl.Cl. The zero-order valence-electron chi connectivity index (χ0n) is 17.9. The molecular formula is C22H37Cl2N3O2. The lowest BCUT2D eigenvalue weighted by Crippen LogP contribution is -2.44. The summed E-state index contributed by atoms with van der Waals surface area (Å²) in [5.74, 6) is 1.14. The van der Waals surface area contributed by atoms with Gasteiger partial charge >= 0.3 is 0 Å². The lowest BCUT2D eigenvalue weighted by molar-refractivity contribution is -0.117. The van der Waals surface area contributed by atoms with Crippen LogP contribution in [0.5, 0.6) is 0 Å². The Bertz CT molecular complexity index is 616. The first-order valence-corrected chi connectivity index (χ1v) is 10.5. The molecule has 0 radical (unpaired) electrons. The summed E-state index contributed by atoms with van der Waals surface area (Å²) in [5.41, 5.74) is 2.13. The summed E-state index contributed by atoms with van der Waals surface area (Å²) >= 11 is 0. The standard InChI is InChI=1S/C22H35N3O2.2ClH/c1-16(19-8-6-10-23-12-19)11-22(26)24-21-9-5-4-7-20(21)15-25-13-17(2)27-18(3)14-25;;/h4-5,7,9,16-19,23H,6,8,10-15H2,1-3H3,(H,24,26);2*1H. The van der Waals surface area contributed by atoms with E-state index in [9.17, 15) is 4.79 Å². The summed E-state index contributed by atoms with van der Waals surface area (Å²) in [6, 6.07) is 8.19. The van der Waals surface area contributed by atoms with Crippen LogP contribution in [-0.4, -0.2) is 49.2 Å². The number of rotatable bonds is 6. The van der Waals surface area contributed by atoms with E-state index in [2.05, 4.69) is 48.4 Å². The van der Waals surface area contributed by atoms with Crippen LogP contribution in [0.4, 0.5) is 5.69 Å². The smallest absolute Gasteiger partial charge is 0.224 e. The number of halogens is 2. The molecular weight excluding hydrogens is 409 g/mol. The van der Waals surface area contributed by atoms with Crippen molar-refractivity contribution in [1.82, 2.24) is 10.2 Å². The Morgan fingerprint density at radius 2 is 1.93 bits per heavy atom. The number of amides is 1. The summed E-state index contributed by atoms with van der Waals surface area (Å²) in [4.78, 5) is 15.1. The number of para-hydroxylation sites is 1. The monoisotopic (exact) mass is 445 g/mol. The molecule has 1 aromatic carbocycles. The van der Waals surface area contributed by atoms with Gasteiger partial charge in [-0.15, -0.1) is 24.8 Å². The van der Waals surface area contributed by atoms with Crippen molar-refractivity contribution in [2.75, 3.05) is 31.5 Å². The van der Waals surface area contributed by atoms with Crippen LogP contribution in [0.3, 0.4) is 0 Å². The van der Waals surface area contributed by atoms with Crippen molar-refractivity contribution in [3.8, 4) is 0 Å². The molecule has 4 unspecified atom stereocenters. The van der Waals surface area contributed by atoms with Gasteiger partial charge in [-0.1, -0.05) is 25.1 Å². The molecule has 1 aromatic rings. The van der Waals surface area contributed by atoms with Crippen LogP contribution < -0.4 is 10.6 Å². The molecule has 0 aliphatic carbocycles. The maximum Gasteiger partial charge on any atom is 0.224 e. The van der Waals surface area contributed by atoms with E-state index in [0.29, 0.717) is 18.3 Å². The average molecular weight is 446 g/mol. The molecule has 166 valence electrons. The molecule has 0 spiro atoms. The molecule has 1 amide bonds. The first-order chi connectivity index (χ1) is 13.0. The van der Waals surface area contributed by atoms with Gasteiger partial charge in [-0.2, -0.15) is 0 Å². The van der Waals surface area contributed by atoms with Gasteiger partial charge in [0, 0.05) is 31.7 Å². The number of carbonyl (C=O) groups is 1. The van der Waals surface area contributed by atoms with Gasteiger partial charge in [0.2, 0.25) is 5.91 Å². The first kappa shape index (κ1) is 26.2. The number of nitrogens with one attached hydrogen (secondary N) is 2. The molecule has 2 fully saturated rings. The molecule has 4 atom stereocenters. The van der Waals surface area contributed by atoms with Gasteiger partial charge in [-0.05, 0) is 63.2 Å². The summed E-state index contributed by atoms with van der Waals surface area (Å²) in [6.45, 7) is 11.3. The number of anilines is 1. The fourth-order valence-electron chi connectivity index (χ4n) is 4.46. The molecule has 2 aliphatic heterocycles. The van der Waals surface area contributed by atoms with E-state index in [-0.39, 0.29) is 42.9 Å². The molecule has 0 saturated carbocycles. The third-order valence-electron chi connectivity index (χ3n) is 5.83. The van der Waals surface area contributed by atoms with Crippen molar-refractivity contribution in [3.63, 3.8) is 0 Å². The number of hydrogen-bond acceptors (Lipinski definition) is 4. The van der Waals surface area contributed by atoms with Crippen LogP contribution in [0, 0.1) is 11.8 Å². The minimum Gasteiger partial charge on any atom is -0.373 e. The van der Waals surface area contributed by atoms with Gasteiger partial charge < -0.3 is 15.4 Å². The van der Waals surface area contributed by atoms with E-state index in [1.54, 1.807) is 0 Å². The van der Waals surface area contributed by atoms with E-state index < -0.39 is 0 Å². The molecule has 2 saturated heterocycles. The maximum absolute atomic E-state index is 12.6. The van der Waals surface area contributed by atoms with Crippen LogP contribution in [0.1, 0.15) is 45.6 Å². The van der Waals surface area contributed by atoms with Crippen LogP contribution in [0.2, 0.25) is 0 Å². The second-order valence-corrected chi connectivity index (χ2v) is 8.44. The molecule has 0 aromatic heterocycles. The molecule has 2 N–H and O–H groups in total. The van der Waals surface area contributed by atoms with Gasteiger partial charge in [0.15, 0.2) is 0 Å². The number of morpholine rings is 1. The number of ether oxygens (including phenoxy) is 1. The second kappa shape index (κ2) is 12.8. The van der Waals surface area contributed by atoms with E-state index in [1.165, 1.54) is 18.4 Å². The Balaban J connectivity index is 0.00000210. The zero-order chi connectivity index (χ0) is 19.2. The number of benzene rings is 1. The third-order valence-corrected chi connectivity index (χ3v) is 5.83. The van der Waals surface area contributed by atoms with Crippen LogP contribution >= 0.6 is 24.8 Å². The summed E-state index contributed by atoms with van der Waals surface area (Å²) in [7, 11) is 0. The van der Waals surface area contributed by atoms with Crippen molar-refractivity contribution >= 4 is 36.4 Å². The van der Waals surface area contributed by atoms with Gasteiger partial charge in [0.25, 0.3) is 0 Å². The fraction of sp³-hybridized carbons (Fsp3) is 0.682. The zero-order valence-corrected chi connectivity index (χ0v) is 19.5. The van der Waals surface area contributed by atoms with Crippen molar-refractivity contribution in [2.24, 2.45) is 11.8 Å². The Morgan fingerprint density at radius 3 is 2.59 bits per heavy atom. The third kappa shape index (κ3) is 8.06. The Morgan fingerprint density at radius 1 is 1.24 bits per heavy atom. The highest BCUT2D eigenvalue weighted by atomic mass is 35.5. The van der Waals surface area contributed by atoms with Crippen molar-refractivity contribution in [2.45, 2.75) is 58.8 Å². The quantitative estimate of drug-likeness (QED) is 0.691. The second-order valence-electron chi connectivity index (χ2n) is 8.44. The Labute approximate surface area is 188 Å². The fourth-order valence-corrected chi connectivity index (χ4v) is 4.46. The van der Waals surface area contributed by atoms with Gasteiger partial charge in [-0.25, -0.2) is 0 Å². The Kier molecular flexibility index (Phi) is 11.5. The minimum atomic E-state index is 0. The number of carbonyl (C=O) groups excluding carboxylic acids is 1. The van der Waals surface area contributed by atoms with E-state index in [1.807, 2.05) is 12.1 Å². The summed E-state index contributed by atoms with van der Waals surface area (Å²) in [6.07, 6.45) is 3.54. The number of nitrogens with zero attached hydrogens (tertiary/aromatic N) is 1. The lowest BCUT2D eigenvalue weighted by atomic mass is 9.85. The van der Waals surface area contributed by atoms with Gasteiger partial charge in [0.05, 0.1) is 12.2 Å². The van der Waals surface area contributed by atoms with E-state index >= 15 is 0 Å². The van der Waals surface area contributed by atoms with Crippen LogP contribution in [-0.2, 0) is 16.1 Å². The normalized spacial score (nSPS) is 26.0. The molecule has 29 heavy (non-hydrogen) atoms. The number of piperidine rings is 1. The maximum atomic E-state index is 12.6. The molecule has 5 nitrogen and oxygen atoms in total. The topological polar surface area (TPSA) is 53.6 Å². The predicted octanol–water partition coefficient (Wildman–Crippen LogP) is 4.10. The van der Waals surface area contributed by atoms with Crippen molar-refractivity contribution in [1.29, 1.82) is 0 Å². The van der Waals surface area contributed by atoms with Gasteiger partial charge in [0.1, 0.15) is 0 Å². The van der Waals surface area contributed by atoms with Crippen LogP contribution in [0.15, 0.2) is 24.3 Å². The molecule has 3 rings (SSSR count). The number of hydrogen-bond donors (Lipinski definition) is 2. The lowest BCUT2D eigenvalue weighted by Gasteiger charge is -2.35. The van der Waals surface area contributed by atoms with E-state index in [0.717, 1.165) is 38.4 Å². The van der Waals surface area contributed by atoms with Crippen molar-refractivity contribution in [3.05, 3.63) is 29.8 Å². The van der Waals surface area contributed by atoms with Gasteiger partial charge in [-0.3, -0.25) is 9.69 Å². The molecule has 2 heterocycles. The molecule has 7 heteroatoms. The highest BCUT2D eigenvalue weighted by Gasteiger charge is 2.24. The average Bonchev–Trinajstić information content (AvgIpc) is 2.63. The highest BCUT2D eigenvalue weighted by Crippen LogP contribution is 2.24. The first-order valence-electron chi connectivity index (χ1n) is 10.5. The largest absolute Gasteiger partial charge is 0.373 e. The van der Waals surface area contributed by atoms with Crippen molar-refractivity contribution < 1.29 is 9.53 Å². The molecule has 0 bridgehead atoms. The molecule has 2 aliphatic rings. The van der Waals surface area contributed by atoms with E-state index in [4.69, 9.17) is 4.74 Å². The Hall–Kier alpha value is -0.850. The highest BCUT2D eigenvalue weighted by molar-refractivity contribution is 5.91. The summed E-state index contributed by atoms with van der Waals surface area (Å²) < 4.78 is 5.83. The predicted molar refractivity (Wildman–Crippen MR) is 124 cm³/mol. The van der Waals surface area contributed by atoms with Crippen LogP contribution in [0.25, 0.3) is 0 Å².